The van der Waals surface area contributed by atoms with E-state index in [1.165, 1.54) is 6.07 Å². The third-order valence-corrected chi connectivity index (χ3v) is 7.64. The molecule has 0 spiro atoms. The summed E-state index contributed by atoms with van der Waals surface area (Å²) >= 11 is 0. The number of nitrogens with one attached hydrogen (secondary N) is 1. The molecule has 2 aliphatic rings. The number of hydrogen-bond acceptors (Lipinski definition) is 8. The van der Waals surface area contributed by atoms with Crippen LogP contribution in [-0.2, 0) is 16.4 Å². The largest absolute Gasteiger partial charge is 0.495 e. The predicted molar refractivity (Wildman–Crippen MR) is 99.6 cm³/mol. The highest BCUT2D eigenvalue weighted by molar-refractivity contribution is 7.92. The number of amides is 1. The summed E-state index contributed by atoms with van der Waals surface area (Å²) in [4.78, 5) is 18.8. The number of pyridine rings is 1. The zero-order valence-electron chi connectivity index (χ0n) is 15.7. The van der Waals surface area contributed by atoms with Crippen LogP contribution in [0.2, 0.25) is 0 Å². The smallest absolute Gasteiger partial charge is 0.273 e. The van der Waals surface area contributed by atoms with Gasteiger partial charge in [0.1, 0.15) is 11.5 Å². The summed E-state index contributed by atoms with van der Waals surface area (Å²) in [5.41, 5.74) is 0.924. The predicted octanol–water partition coefficient (Wildman–Crippen LogP) is 0.414. The van der Waals surface area contributed by atoms with Crippen molar-refractivity contribution in [2.75, 3.05) is 26.0 Å². The molecule has 9 nitrogen and oxygen atoms in total. The van der Waals surface area contributed by atoms with E-state index in [2.05, 4.69) is 20.4 Å². The highest BCUT2D eigenvalue weighted by Gasteiger charge is 2.52. The van der Waals surface area contributed by atoms with Crippen molar-refractivity contribution >= 4 is 15.7 Å². The van der Waals surface area contributed by atoms with Crippen LogP contribution >= 0.6 is 0 Å². The molecule has 4 rings (SSSR count). The number of nitrogens with zero attached hydrogens (tertiary/aromatic N) is 3. The fraction of sp³-hybridized carbons (Fsp3) is 0.500. The van der Waals surface area contributed by atoms with Crippen LogP contribution in [0.1, 0.15) is 21.9 Å². The first kappa shape index (κ1) is 18.9. The van der Waals surface area contributed by atoms with Crippen molar-refractivity contribution in [1.82, 2.24) is 20.4 Å². The summed E-state index contributed by atoms with van der Waals surface area (Å²) in [5.74, 6) is 0.567. The number of rotatable bonds is 5. The third kappa shape index (κ3) is 3.49. The van der Waals surface area contributed by atoms with E-state index < -0.39 is 27.0 Å². The number of methoxy groups -OCH3 is 1. The zero-order chi connectivity index (χ0) is 19.9. The van der Waals surface area contributed by atoms with Gasteiger partial charge in [0.25, 0.3) is 5.91 Å². The molecule has 0 bridgehead atoms. The van der Waals surface area contributed by atoms with Crippen LogP contribution in [0.3, 0.4) is 0 Å². The van der Waals surface area contributed by atoms with Gasteiger partial charge < -0.3 is 14.6 Å². The monoisotopic (exact) mass is 406 g/mol. The van der Waals surface area contributed by atoms with Crippen LogP contribution in [0, 0.1) is 12.8 Å². The van der Waals surface area contributed by atoms with E-state index in [0.717, 1.165) is 5.69 Å². The Kier molecular flexibility index (Phi) is 4.84. The van der Waals surface area contributed by atoms with Gasteiger partial charge in [0.2, 0.25) is 0 Å². The molecule has 4 heterocycles. The molecule has 28 heavy (non-hydrogen) atoms. The van der Waals surface area contributed by atoms with E-state index in [9.17, 15) is 13.2 Å². The molecule has 0 unspecified atom stereocenters. The molecule has 2 saturated heterocycles. The van der Waals surface area contributed by atoms with Crippen LogP contribution in [0.25, 0.3) is 0 Å². The van der Waals surface area contributed by atoms with E-state index in [-0.39, 0.29) is 17.4 Å². The molecule has 0 aliphatic carbocycles. The Balaban J connectivity index is 1.48. The number of aryl methyl sites for hydroxylation is 1. The zero-order valence-corrected chi connectivity index (χ0v) is 16.5. The SMILES string of the molecule is COc1cccnc1CN1C[C@H]2[C@H](NC(=O)c3cc(C)on3)CS(=O)(=O)[C@H]2C1. The van der Waals surface area contributed by atoms with Gasteiger partial charge in [0.15, 0.2) is 15.5 Å². The summed E-state index contributed by atoms with van der Waals surface area (Å²) in [6.45, 7) is 3.17. The first-order chi connectivity index (χ1) is 13.4. The van der Waals surface area contributed by atoms with Gasteiger partial charge in [0, 0.05) is 43.9 Å². The number of likely N-dealkylation sites (tertiary alicyclic amines) is 1. The van der Waals surface area contributed by atoms with E-state index >= 15 is 0 Å². The molecule has 2 fully saturated rings. The van der Waals surface area contributed by atoms with Crippen LogP contribution in [0.15, 0.2) is 28.9 Å². The summed E-state index contributed by atoms with van der Waals surface area (Å²) in [7, 11) is -1.70. The second-order valence-electron chi connectivity index (χ2n) is 7.28. The molecule has 150 valence electrons. The molecule has 1 amide bonds. The van der Waals surface area contributed by atoms with E-state index in [4.69, 9.17) is 9.26 Å². The van der Waals surface area contributed by atoms with Crippen molar-refractivity contribution in [2.24, 2.45) is 5.92 Å². The molecule has 2 aromatic heterocycles. The highest BCUT2D eigenvalue weighted by atomic mass is 32.2. The topological polar surface area (TPSA) is 115 Å². The van der Waals surface area contributed by atoms with Gasteiger partial charge in [-0.05, 0) is 19.1 Å². The average molecular weight is 406 g/mol. The minimum Gasteiger partial charge on any atom is -0.495 e. The fourth-order valence-electron chi connectivity index (χ4n) is 4.08. The van der Waals surface area contributed by atoms with Gasteiger partial charge >= 0.3 is 0 Å². The number of carbonyl (C=O) groups excluding carboxylic acids is 1. The lowest BCUT2D eigenvalue weighted by Gasteiger charge is -2.20. The Hall–Kier alpha value is -2.46. The lowest BCUT2D eigenvalue weighted by molar-refractivity contribution is 0.0921. The number of carbonyl (C=O) groups is 1. The number of sulfone groups is 1. The van der Waals surface area contributed by atoms with Gasteiger partial charge in [-0.3, -0.25) is 14.7 Å². The molecule has 10 heteroatoms. The number of hydrogen-bond donors (Lipinski definition) is 1. The second-order valence-corrected chi connectivity index (χ2v) is 9.55. The molecule has 3 atom stereocenters. The lowest BCUT2D eigenvalue weighted by atomic mass is 10.0. The van der Waals surface area contributed by atoms with Gasteiger partial charge in [-0.2, -0.15) is 0 Å². The maximum atomic E-state index is 12.6. The minimum absolute atomic E-state index is 0.0499. The van der Waals surface area contributed by atoms with Gasteiger partial charge in [-0.25, -0.2) is 8.42 Å². The molecule has 1 N–H and O–H groups in total. The van der Waals surface area contributed by atoms with Crippen molar-refractivity contribution in [2.45, 2.75) is 24.8 Å². The van der Waals surface area contributed by atoms with E-state index in [1.54, 1.807) is 26.3 Å². The summed E-state index contributed by atoms with van der Waals surface area (Å²) in [6, 6.07) is 4.71. The first-order valence-electron chi connectivity index (χ1n) is 9.03. The van der Waals surface area contributed by atoms with Crippen molar-refractivity contribution in [3.63, 3.8) is 0 Å². The van der Waals surface area contributed by atoms with Crippen LogP contribution < -0.4 is 10.1 Å². The van der Waals surface area contributed by atoms with Gasteiger partial charge in [-0.15, -0.1) is 0 Å². The Morgan fingerprint density at radius 3 is 2.96 bits per heavy atom. The normalized spacial score (nSPS) is 26.1. The summed E-state index contributed by atoms with van der Waals surface area (Å²) < 4.78 is 35.6. The van der Waals surface area contributed by atoms with Crippen molar-refractivity contribution in [3.05, 3.63) is 41.5 Å². The average Bonchev–Trinajstić information content (AvgIpc) is 3.33. The maximum absolute atomic E-state index is 12.6. The Morgan fingerprint density at radius 1 is 1.43 bits per heavy atom. The van der Waals surface area contributed by atoms with Gasteiger partial charge in [0.05, 0.1) is 23.8 Å². The first-order valence-corrected chi connectivity index (χ1v) is 10.7. The van der Waals surface area contributed by atoms with Gasteiger partial charge in [-0.1, -0.05) is 5.16 Å². The van der Waals surface area contributed by atoms with Crippen molar-refractivity contribution < 1.29 is 22.5 Å². The number of ether oxygens (including phenoxy) is 1. The molecule has 2 aliphatic heterocycles. The van der Waals surface area contributed by atoms with Crippen molar-refractivity contribution in [3.8, 4) is 5.75 Å². The quantitative estimate of drug-likeness (QED) is 0.760. The third-order valence-electron chi connectivity index (χ3n) is 5.39. The molecular weight excluding hydrogens is 384 g/mol. The maximum Gasteiger partial charge on any atom is 0.273 e. The lowest BCUT2D eigenvalue weighted by Crippen LogP contribution is -2.42. The second kappa shape index (κ2) is 7.17. The van der Waals surface area contributed by atoms with E-state index in [0.29, 0.717) is 31.1 Å². The Morgan fingerprint density at radius 2 is 2.25 bits per heavy atom. The Labute approximate surface area is 163 Å². The Bertz CT molecular complexity index is 989. The van der Waals surface area contributed by atoms with Crippen LogP contribution in [0.4, 0.5) is 0 Å². The summed E-state index contributed by atoms with van der Waals surface area (Å²) in [6.07, 6.45) is 1.69. The fourth-order valence-corrected chi connectivity index (χ4v) is 6.40. The summed E-state index contributed by atoms with van der Waals surface area (Å²) in [5, 5.41) is 6.04. The number of fused-ring (bicyclic) bond motifs is 1. The van der Waals surface area contributed by atoms with E-state index in [1.807, 2.05) is 6.07 Å². The highest BCUT2D eigenvalue weighted by Crippen LogP contribution is 2.35. The molecule has 2 aromatic rings. The number of aromatic nitrogens is 2. The van der Waals surface area contributed by atoms with Crippen LogP contribution in [0.5, 0.6) is 5.75 Å². The molecular formula is C18H22N4O5S. The molecule has 0 saturated carbocycles. The standard InChI is InChI=1S/C18H22N4O5S/c1-11-6-13(21-27-11)18(23)20-15-10-28(24,25)17-9-22(7-12(15)17)8-14-16(26-2)4-3-5-19-14/h3-6,12,15,17H,7-10H2,1-2H3,(H,20,23)/t12-,15+,17-/m0/s1. The minimum atomic E-state index is -3.29. The van der Waals surface area contributed by atoms with Crippen LogP contribution in [-0.4, -0.2) is 66.6 Å². The molecule has 0 radical (unpaired) electrons. The molecule has 0 aromatic carbocycles. The van der Waals surface area contributed by atoms with Crippen molar-refractivity contribution in [1.29, 1.82) is 0 Å².